The van der Waals surface area contributed by atoms with Gasteiger partial charge in [-0.1, -0.05) is 0 Å². The molecule has 3 rings (SSSR count). The van der Waals surface area contributed by atoms with Crippen LogP contribution in [-0.4, -0.2) is 28.9 Å². The zero-order chi connectivity index (χ0) is 16.6. The van der Waals surface area contributed by atoms with Crippen LogP contribution in [0, 0.1) is 0 Å². The van der Waals surface area contributed by atoms with Crippen molar-refractivity contribution in [3.8, 4) is 22.8 Å². The minimum atomic E-state index is -1.22. The topological polar surface area (TPSA) is 77.8 Å². The molecule has 0 unspecified atom stereocenters. The summed E-state index contributed by atoms with van der Waals surface area (Å²) in [4.78, 5) is 23.6. The highest BCUT2D eigenvalue weighted by molar-refractivity contribution is 5.87. The van der Waals surface area contributed by atoms with Gasteiger partial charge >= 0.3 is 5.97 Å². The first-order valence-corrected chi connectivity index (χ1v) is 7.38. The maximum atomic E-state index is 12.5. The van der Waals surface area contributed by atoms with E-state index in [1.807, 2.05) is 26.0 Å². The van der Waals surface area contributed by atoms with E-state index in [1.54, 1.807) is 12.1 Å². The summed E-state index contributed by atoms with van der Waals surface area (Å²) in [5, 5.41) is 9.14. The zero-order valence-corrected chi connectivity index (χ0v) is 12.9. The van der Waals surface area contributed by atoms with Gasteiger partial charge in [-0.15, -0.1) is 0 Å². The van der Waals surface area contributed by atoms with Crippen LogP contribution in [0.5, 0.6) is 11.5 Å². The number of rotatable bonds is 3. The number of carboxylic acid groups (broad SMARTS) is 1. The summed E-state index contributed by atoms with van der Waals surface area (Å²) in [5.41, 5.74) is 0.670. The van der Waals surface area contributed by atoms with Crippen LogP contribution in [0.4, 0.5) is 0 Å². The van der Waals surface area contributed by atoms with Crippen LogP contribution >= 0.6 is 0 Å². The third-order valence-corrected chi connectivity index (χ3v) is 3.70. The molecule has 23 heavy (non-hydrogen) atoms. The number of carboxylic acids is 1. The molecule has 1 aromatic heterocycles. The quantitative estimate of drug-likeness (QED) is 0.942. The smallest absolute Gasteiger partial charge is 0.341 e. The van der Waals surface area contributed by atoms with Crippen molar-refractivity contribution in [3.63, 3.8) is 0 Å². The Morgan fingerprint density at radius 2 is 1.83 bits per heavy atom. The highest BCUT2D eigenvalue weighted by atomic mass is 16.6. The number of nitrogens with zero attached hydrogens (tertiary/aromatic N) is 1. The van der Waals surface area contributed by atoms with E-state index in [0.29, 0.717) is 30.4 Å². The van der Waals surface area contributed by atoms with Gasteiger partial charge in [0.2, 0.25) is 0 Å². The molecule has 2 heterocycles. The highest BCUT2D eigenvalue weighted by Gasteiger charge is 2.19. The van der Waals surface area contributed by atoms with Crippen molar-refractivity contribution in [2.24, 2.45) is 0 Å². The van der Waals surface area contributed by atoms with Crippen molar-refractivity contribution < 1.29 is 19.4 Å². The Bertz CT molecular complexity index is 822. The van der Waals surface area contributed by atoms with Gasteiger partial charge in [-0.25, -0.2) is 4.79 Å². The molecule has 0 saturated heterocycles. The summed E-state index contributed by atoms with van der Waals surface area (Å²) in [5.74, 6) is 0.0672. The molecular formula is C17H17NO5. The van der Waals surface area contributed by atoms with Crippen LogP contribution in [0.1, 0.15) is 30.2 Å². The summed E-state index contributed by atoms with van der Waals surface area (Å²) in [7, 11) is 0. The van der Waals surface area contributed by atoms with Crippen LogP contribution in [-0.2, 0) is 0 Å². The lowest BCUT2D eigenvalue weighted by atomic mass is 10.1. The van der Waals surface area contributed by atoms with Gasteiger partial charge in [0.1, 0.15) is 18.8 Å². The molecule has 0 bridgehead atoms. The van der Waals surface area contributed by atoms with E-state index >= 15 is 0 Å². The van der Waals surface area contributed by atoms with Crippen LogP contribution in [0.3, 0.4) is 0 Å². The van der Waals surface area contributed by atoms with E-state index in [2.05, 4.69) is 0 Å². The van der Waals surface area contributed by atoms with Gasteiger partial charge in [0, 0.05) is 11.6 Å². The molecule has 1 N–H and O–H groups in total. The second kappa shape index (κ2) is 5.79. The second-order valence-corrected chi connectivity index (χ2v) is 5.56. The highest BCUT2D eigenvalue weighted by Crippen LogP contribution is 2.34. The zero-order valence-electron chi connectivity index (χ0n) is 12.9. The summed E-state index contributed by atoms with van der Waals surface area (Å²) in [6.07, 6.45) is 0. The number of aromatic nitrogens is 1. The number of pyridine rings is 1. The van der Waals surface area contributed by atoms with Gasteiger partial charge in [0.25, 0.3) is 5.56 Å². The van der Waals surface area contributed by atoms with Crippen LogP contribution in [0.25, 0.3) is 11.3 Å². The molecule has 0 fully saturated rings. The summed E-state index contributed by atoms with van der Waals surface area (Å²) in [6.45, 7) is 4.67. The molecule has 120 valence electrons. The summed E-state index contributed by atoms with van der Waals surface area (Å²) in [6, 6.07) is 8.25. The van der Waals surface area contributed by atoms with E-state index in [4.69, 9.17) is 14.6 Å². The molecule has 0 saturated carbocycles. The average molecular weight is 315 g/mol. The van der Waals surface area contributed by atoms with Crippen molar-refractivity contribution in [1.29, 1.82) is 0 Å². The van der Waals surface area contributed by atoms with Gasteiger partial charge in [-0.3, -0.25) is 4.79 Å². The summed E-state index contributed by atoms with van der Waals surface area (Å²) < 4.78 is 12.5. The third kappa shape index (κ3) is 2.67. The van der Waals surface area contributed by atoms with Crippen molar-refractivity contribution in [2.75, 3.05) is 13.2 Å². The van der Waals surface area contributed by atoms with Crippen LogP contribution in [0.2, 0.25) is 0 Å². The molecule has 0 spiro atoms. The third-order valence-electron chi connectivity index (χ3n) is 3.70. The predicted octanol–water partition coefficient (Wildman–Crippen LogP) is 2.57. The van der Waals surface area contributed by atoms with Crippen molar-refractivity contribution in [1.82, 2.24) is 4.57 Å². The predicted molar refractivity (Wildman–Crippen MR) is 84.5 cm³/mol. The largest absolute Gasteiger partial charge is 0.486 e. The van der Waals surface area contributed by atoms with Crippen molar-refractivity contribution in [2.45, 2.75) is 19.9 Å². The SMILES string of the molecule is CC(C)n1c(-c2ccc3c(c2)OCCO3)ccc(C(=O)O)c1=O. The molecule has 0 amide bonds. The Hall–Kier alpha value is -2.76. The second-order valence-electron chi connectivity index (χ2n) is 5.56. The van der Waals surface area contributed by atoms with Gasteiger partial charge in [-0.2, -0.15) is 0 Å². The van der Waals surface area contributed by atoms with Crippen molar-refractivity contribution >= 4 is 5.97 Å². The number of hydrogen-bond donors (Lipinski definition) is 1. The maximum Gasteiger partial charge on any atom is 0.341 e. The lowest BCUT2D eigenvalue weighted by molar-refractivity contribution is 0.0694. The number of aromatic carboxylic acids is 1. The first kappa shape index (κ1) is 15.1. The minimum Gasteiger partial charge on any atom is -0.486 e. The molecule has 6 heteroatoms. The number of benzene rings is 1. The number of ether oxygens (including phenoxy) is 2. The van der Waals surface area contributed by atoms with E-state index in [-0.39, 0.29) is 11.6 Å². The van der Waals surface area contributed by atoms with Gasteiger partial charge in [-0.05, 0) is 44.2 Å². The Balaban J connectivity index is 2.18. The fourth-order valence-corrected chi connectivity index (χ4v) is 2.67. The molecule has 1 aromatic carbocycles. The van der Waals surface area contributed by atoms with Crippen molar-refractivity contribution in [3.05, 3.63) is 46.2 Å². The fraction of sp³-hybridized carbons (Fsp3) is 0.294. The van der Waals surface area contributed by atoms with E-state index in [1.165, 1.54) is 10.6 Å². The average Bonchev–Trinajstić information content (AvgIpc) is 2.53. The number of carbonyl (C=O) groups is 1. The molecule has 0 atom stereocenters. The van der Waals surface area contributed by atoms with Crippen LogP contribution in [0.15, 0.2) is 35.1 Å². The number of fused-ring (bicyclic) bond motifs is 1. The molecule has 0 radical (unpaired) electrons. The monoisotopic (exact) mass is 315 g/mol. The summed E-state index contributed by atoms with van der Waals surface area (Å²) >= 11 is 0. The normalized spacial score (nSPS) is 13.2. The Morgan fingerprint density at radius 3 is 2.48 bits per heavy atom. The molecule has 6 nitrogen and oxygen atoms in total. The number of hydrogen-bond acceptors (Lipinski definition) is 4. The van der Waals surface area contributed by atoms with E-state index < -0.39 is 11.5 Å². The van der Waals surface area contributed by atoms with Gasteiger partial charge in [0.05, 0.1) is 5.69 Å². The Labute approximate surface area is 132 Å². The minimum absolute atomic E-state index is 0.176. The first-order valence-electron chi connectivity index (χ1n) is 7.38. The Morgan fingerprint density at radius 1 is 1.13 bits per heavy atom. The Kier molecular flexibility index (Phi) is 3.82. The lowest BCUT2D eigenvalue weighted by Crippen LogP contribution is -2.28. The molecule has 1 aliphatic rings. The van der Waals surface area contributed by atoms with Gasteiger partial charge in [0.15, 0.2) is 11.5 Å². The molecule has 2 aromatic rings. The van der Waals surface area contributed by atoms with Gasteiger partial charge < -0.3 is 19.1 Å². The first-order chi connectivity index (χ1) is 11.0. The maximum absolute atomic E-state index is 12.5. The molecule has 1 aliphatic heterocycles. The standard InChI is InChI=1S/C17H17NO5/c1-10(2)18-13(5-4-12(16(18)19)17(20)21)11-3-6-14-15(9-11)23-8-7-22-14/h3-6,9-10H,7-8H2,1-2H3,(H,20,21). The molecule has 0 aliphatic carbocycles. The fourth-order valence-electron chi connectivity index (χ4n) is 2.67. The van der Waals surface area contributed by atoms with E-state index in [0.717, 1.165) is 5.56 Å². The lowest BCUT2D eigenvalue weighted by Gasteiger charge is -2.21. The van der Waals surface area contributed by atoms with E-state index in [9.17, 15) is 9.59 Å². The molecular weight excluding hydrogens is 298 g/mol. The van der Waals surface area contributed by atoms with Crippen LogP contribution < -0.4 is 15.0 Å².